The highest BCUT2D eigenvalue weighted by molar-refractivity contribution is 8.11. The number of aliphatic imine (C=N–C) groups is 1. The molecule has 0 aromatic carbocycles. The van der Waals surface area contributed by atoms with Crippen molar-refractivity contribution in [1.82, 2.24) is 0 Å². The first-order chi connectivity index (χ1) is 5.94. The molecule has 0 radical (unpaired) electrons. The molecule has 0 fully saturated rings. The molecule has 0 aromatic rings. The smallest absolute Gasteiger partial charge is 0.237 e. The molecule has 1 rings (SSSR count). The van der Waals surface area contributed by atoms with Crippen LogP contribution in [0.25, 0.3) is 0 Å². The van der Waals surface area contributed by atoms with Gasteiger partial charge in [0.05, 0.1) is 4.91 Å². The molecular formula is C7H12N2O2S2. The van der Waals surface area contributed by atoms with Crippen molar-refractivity contribution in [3.63, 3.8) is 0 Å². The maximum absolute atomic E-state index is 11.4. The highest BCUT2D eigenvalue weighted by atomic mass is 32.2. The second-order valence-corrected chi connectivity index (χ2v) is 6.44. The molecule has 0 atom stereocenters. The van der Waals surface area contributed by atoms with Crippen LogP contribution in [0.1, 0.15) is 13.8 Å². The van der Waals surface area contributed by atoms with Crippen LogP contribution in [0.5, 0.6) is 0 Å². The summed E-state index contributed by atoms with van der Waals surface area (Å²) < 4.78 is 22.7. The molecule has 0 spiro atoms. The van der Waals surface area contributed by atoms with Gasteiger partial charge in [-0.15, -0.1) is 0 Å². The van der Waals surface area contributed by atoms with Crippen LogP contribution < -0.4 is 5.73 Å². The van der Waals surface area contributed by atoms with E-state index in [1.807, 2.05) is 13.8 Å². The van der Waals surface area contributed by atoms with E-state index in [1.165, 1.54) is 6.20 Å². The highest BCUT2D eigenvalue weighted by Crippen LogP contribution is 2.21. The molecule has 0 saturated carbocycles. The van der Waals surface area contributed by atoms with Crippen molar-refractivity contribution in [2.75, 3.05) is 5.75 Å². The Bertz CT molecular complexity index is 355. The monoisotopic (exact) mass is 220 g/mol. The van der Waals surface area contributed by atoms with E-state index in [9.17, 15) is 8.42 Å². The number of hydrogen-bond donors (Lipinski definition) is 1. The largest absolute Gasteiger partial charge is 0.374 e. The van der Waals surface area contributed by atoms with Gasteiger partial charge in [0, 0.05) is 12.0 Å². The third kappa shape index (κ3) is 2.25. The molecule has 0 aromatic heterocycles. The van der Waals surface area contributed by atoms with E-state index in [0.717, 1.165) is 0 Å². The molecule has 1 heterocycles. The highest BCUT2D eigenvalue weighted by Gasteiger charge is 2.26. The van der Waals surface area contributed by atoms with Gasteiger partial charge in [-0.2, -0.15) is 11.8 Å². The van der Waals surface area contributed by atoms with Crippen LogP contribution in [0.3, 0.4) is 0 Å². The predicted octanol–water partition coefficient (Wildman–Crippen LogP) is 0.713. The van der Waals surface area contributed by atoms with Crippen LogP contribution in [-0.2, 0) is 9.84 Å². The zero-order valence-corrected chi connectivity index (χ0v) is 9.15. The summed E-state index contributed by atoms with van der Waals surface area (Å²) in [7, 11) is -3.39. The number of rotatable bonds is 3. The van der Waals surface area contributed by atoms with Crippen molar-refractivity contribution in [2.45, 2.75) is 19.1 Å². The number of nitrogens with two attached hydrogens (primary N) is 1. The van der Waals surface area contributed by atoms with Gasteiger partial charge in [0.2, 0.25) is 15.0 Å². The molecule has 4 nitrogen and oxygen atoms in total. The Balaban J connectivity index is 2.67. The van der Waals surface area contributed by atoms with E-state index < -0.39 is 9.84 Å². The van der Waals surface area contributed by atoms with Gasteiger partial charge >= 0.3 is 0 Å². The van der Waals surface area contributed by atoms with Crippen LogP contribution in [0.2, 0.25) is 0 Å². The molecule has 0 aliphatic carbocycles. The lowest BCUT2D eigenvalue weighted by molar-refractivity contribution is 0.613. The molecule has 74 valence electrons. The van der Waals surface area contributed by atoms with E-state index in [-0.39, 0.29) is 5.17 Å². The summed E-state index contributed by atoms with van der Waals surface area (Å²) in [5.74, 6) is 0.449. The van der Waals surface area contributed by atoms with Crippen molar-refractivity contribution in [2.24, 2.45) is 10.7 Å². The zero-order valence-electron chi connectivity index (χ0n) is 7.52. The Morgan fingerprint density at radius 3 is 2.62 bits per heavy atom. The normalized spacial score (nSPS) is 20.2. The summed E-state index contributed by atoms with van der Waals surface area (Å²) >= 11 is 1.56. The molecular weight excluding hydrogens is 208 g/mol. The number of thioether (sulfide) groups is 1. The summed E-state index contributed by atoms with van der Waals surface area (Å²) in [6.45, 7) is 4.02. The fourth-order valence-electron chi connectivity index (χ4n) is 0.772. The number of sulfone groups is 1. The van der Waals surface area contributed by atoms with Gasteiger partial charge in [0.25, 0.3) is 0 Å². The second-order valence-electron chi connectivity index (χ2n) is 2.93. The average Bonchev–Trinajstić information content (AvgIpc) is 2.25. The number of hydrogen-bond acceptors (Lipinski definition) is 5. The lowest BCUT2D eigenvalue weighted by Crippen LogP contribution is -2.22. The Kier molecular flexibility index (Phi) is 3.02. The van der Waals surface area contributed by atoms with Crippen LogP contribution >= 0.6 is 11.8 Å². The summed E-state index contributed by atoms with van der Waals surface area (Å²) in [6.07, 6.45) is 1.33. The van der Waals surface area contributed by atoms with Crippen LogP contribution in [0.4, 0.5) is 0 Å². The van der Waals surface area contributed by atoms with Crippen molar-refractivity contribution in [3.05, 3.63) is 11.1 Å². The summed E-state index contributed by atoms with van der Waals surface area (Å²) in [6, 6.07) is 0. The van der Waals surface area contributed by atoms with Crippen molar-refractivity contribution in [3.8, 4) is 0 Å². The minimum atomic E-state index is -3.39. The van der Waals surface area contributed by atoms with Gasteiger partial charge in [-0.05, 0) is 5.25 Å². The minimum Gasteiger partial charge on any atom is -0.374 e. The van der Waals surface area contributed by atoms with Gasteiger partial charge in [-0.1, -0.05) is 13.8 Å². The molecule has 0 unspecified atom stereocenters. The molecule has 0 bridgehead atoms. The third-order valence-electron chi connectivity index (χ3n) is 1.52. The lowest BCUT2D eigenvalue weighted by Gasteiger charge is -2.04. The van der Waals surface area contributed by atoms with Crippen molar-refractivity contribution >= 4 is 26.8 Å². The standard InChI is InChI=1S/C7H12N2O2S2/c1-5(2)12-4-6-3-9-7(8)13(6,10)11/h3,5H,4H2,1-2H3,(H2,8,9). The van der Waals surface area contributed by atoms with E-state index >= 15 is 0 Å². The Morgan fingerprint density at radius 2 is 2.23 bits per heavy atom. The molecule has 0 saturated heterocycles. The van der Waals surface area contributed by atoms with E-state index in [2.05, 4.69) is 4.99 Å². The molecule has 13 heavy (non-hydrogen) atoms. The molecule has 6 heteroatoms. The van der Waals surface area contributed by atoms with Gasteiger partial charge in [0.15, 0.2) is 0 Å². The van der Waals surface area contributed by atoms with Crippen LogP contribution in [0, 0.1) is 0 Å². The van der Waals surface area contributed by atoms with E-state index in [0.29, 0.717) is 15.9 Å². The van der Waals surface area contributed by atoms with Crippen molar-refractivity contribution < 1.29 is 8.42 Å². The van der Waals surface area contributed by atoms with Gasteiger partial charge < -0.3 is 5.73 Å². The van der Waals surface area contributed by atoms with Gasteiger partial charge in [-0.3, -0.25) is 0 Å². The molecule has 1 aliphatic rings. The minimum absolute atomic E-state index is 0.285. The van der Waals surface area contributed by atoms with Gasteiger partial charge in [0.1, 0.15) is 0 Å². The van der Waals surface area contributed by atoms with Crippen LogP contribution in [-0.4, -0.2) is 24.6 Å². The average molecular weight is 220 g/mol. The summed E-state index contributed by atoms with van der Waals surface area (Å²) in [4.78, 5) is 3.89. The van der Waals surface area contributed by atoms with Crippen molar-refractivity contribution in [1.29, 1.82) is 0 Å². The summed E-state index contributed by atoms with van der Waals surface area (Å²) in [5, 5.41) is 0.116. The van der Waals surface area contributed by atoms with E-state index in [4.69, 9.17) is 5.73 Å². The maximum atomic E-state index is 11.4. The second kappa shape index (κ2) is 3.71. The SMILES string of the molecule is CC(C)SCC1=CN=C(N)S1(=O)=O. The fraction of sp³-hybridized carbons (Fsp3) is 0.571. The van der Waals surface area contributed by atoms with Gasteiger partial charge in [-0.25, -0.2) is 13.4 Å². The molecule has 0 amide bonds. The first-order valence-corrected chi connectivity index (χ1v) is 6.37. The number of nitrogens with zero attached hydrogens (tertiary/aromatic N) is 1. The Hall–Kier alpha value is -0.490. The fourth-order valence-corrected chi connectivity index (χ4v) is 2.82. The predicted molar refractivity (Wildman–Crippen MR) is 56.2 cm³/mol. The topological polar surface area (TPSA) is 72.5 Å². The molecule has 2 N–H and O–H groups in total. The first-order valence-electron chi connectivity index (χ1n) is 3.83. The summed E-state index contributed by atoms with van der Waals surface area (Å²) in [5.41, 5.74) is 5.21. The number of amidine groups is 1. The Labute approximate surface area is 82.2 Å². The Morgan fingerprint density at radius 1 is 1.62 bits per heavy atom. The quantitative estimate of drug-likeness (QED) is 0.760. The third-order valence-corrected chi connectivity index (χ3v) is 4.44. The lowest BCUT2D eigenvalue weighted by atomic mass is 10.6. The van der Waals surface area contributed by atoms with E-state index in [1.54, 1.807) is 11.8 Å². The zero-order chi connectivity index (χ0) is 10.1. The maximum Gasteiger partial charge on any atom is 0.237 e. The first kappa shape index (κ1) is 10.6. The molecule has 1 aliphatic heterocycles. The van der Waals surface area contributed by atoms with Crippen LogP contribution in [0.15, 0.2) is 16.1 Å².